The molecule has 2 atom stereocenters. The Morgan fingerprint density at radius 1 is 1.39 bits per heavy atom. The fourth-order valence-electron chi connectivity index (χ4n) is 2.91. The van der Waals surface area contributed by atoms with E-state index in [1.165, 1.54) is 0 Å². The van der Waals surface area contributed by atoms with Crippen LogP contribution in [0.15, 0.2) is 40.5 Å². The first-order valence-corrected chi connectivity index (χ1v) is 8.44. The summed E-state index contributed by atoms with van der Waals surface area (Å²) in [5, 5.41) is 19.2. The molecule has 0 saturated heterocycles. The van der Waals surface area contributed by atoms with Crippen LogP contribution in [0.1, 0.15) is 44.7 Å². The highest BCUT2D eigenvalue weighted by Gasteiger charge is 2.37. The molecule has 0 aromatic heterocycles. The Morgan fingerprint density at radius 3 is 2.65 bits per heavy atom. The molecule has 1 N–H and O–H groups in total. The first-order valence-electron chi connectivity index (χ1n) is 7.50. The van der Waals surface area contributed by atoms with Crippen LogP contribution in [-0.2, 0) is 4.79 Å². The number of nitrogens with zero attached hydrogens (tertiary/aromatic N) is 2. The average Bonchev–Trinajstić information content (AvgIpc) is 2.48. The normalized spacial score (nSPS) is 21.1. The van der Waals surface area contributed by atoms with Crippen molar-refractivity contribution in [2.75, 3.05) is 0 Å². The van der Waals surface area contributed by atoms with Crippen molar-refractivity contribution in [2.45, 2.75) is 44.1 Å². The smallest absolute Gasteiger partial charge is 0.334 e. The maximum atomic E-state index is 11.8. The zero-order chi connectivity index (χ0) is 17.1. The molecule has 0 amide bonds. The van der Waals surface area contributed by atoms with E-state index >= 15 is 0 Å². The van der Waals surface area contributed by atoms with E-state index < -0.39 is 5.97 Å². The van der Waals surface area contributed by atoms with Crippen LogP contribution in [-0.4, -0.2) is 27.3 Å². The van der Waals surface area contributed by atoms with E-state index in [2.05, 4.69) is 24.9 Å². The predicted molar refractivity (Wildman–Crippen MR) is 93.9 cm³/mol. The van der Waals surface area contributed by atoms with Crippen LogP contribution < -0.4 is 0 Å². The number of carboxylic acid groups (broad SMARTS) is 1. The number of aliphatic carboxylic acids is 1. The van der Waals surface area contributed by atoms with Crippen LogP contribution in [0.2, 0.25) is 0 Å². The number of allylic oxidation sites excluding steroid dienone is 1. The van der Waals surface area contributed by atoms with Crippen LogP contribution >= 0.6 is 11.8 Å². The Morgan fingerprint density at radius 2 is 2.09 bits per heavy atom. The lowest BCUT2D eigenvalue weighted by atomic mass is 9.83. The molecule has 2 unspecified atom stereocenters. The lowest BCUT2D eigenvalue weighted by molar-refractivity contribution is -0.133. The maximum Gasteiger partial charge on any atom is 0.334 e. The fraction of sp³-hybridized carbons (Fsp3) is 0.389. The molecule has 23 heavy (non-hydrogen) atoms. The molecule has 1 aromatic carbocycles. The zero-order valence-electron chi connectivity index (χ0n) is 13.7. The Bertz CT molecular complexity index is 729. The van der Waals surface area contributed by atoms with Gasteiger partial charge in [0, 0.05) is 17.3 Å². The average molecular weight is 328 g/mol. The third-order valence-electron chi connectivity index (χ3n) is 3.78. The minimum Gasteiger partial charge on any atom is -0.478 e. The van der Waals surface area contributed by atoms with Gasteiger partial charge in [0.05, 0.1) is 22.5 Å². The summed E-state index contributed by atoms with van der Waals surface area (Å²) in [6.45, 7) is 7.87. The number of rotatable bonds is 4. The van der Waals surface area contributed by atoms with Gasteiger partial charge in [-0.05, 0) is 36.8 Å². The van der Waals surface area contributed by atoms with Crippen LogP contribution in [0.4, 0.5) is 0 Å². The van der Waals surface area contributed by atoms with Gasteiger partial charge in [-0.3, -0.25) is 4.99 Å². The molecular formula is C18H20N2O2S. The lowest BCUT2D eigenvalue weighted by Gasteiger charge is -2.33. The van der Waals surface area contributed by atoms with Gasteiger partial charge in [-0.1, -0.05) is 26.0 Å². The van der Waals surface area contributed by atoms with Crippen molar-refractivity contribution in [1.82, 2.24) is 0 Å². The molecular weight excluding hydrogens is 308 g/mol. The standard InChI is InChI=1S/C18H20N2O2S/c1-10(2)23-17-12(4)20-11(3)15(18(21)22)16(17)14-7-5-6-13(8-14)9-19/h5-8,10,16-17H,1-4H3,(H,21,22). The topological polar surface area (TPSA) is 73.4 Å². The number of aliphatic imine (C=N–C) groups is 1. The van der Waals surface area contributed by atoms with E-state index in [0.29, 0.717) is 22.1 Å². The van der Waals surface area contributed by atoms with Crippen molar-refractivity contribution >= 4 is 23.4 Å². The van der Waals surface area contributed by atoms with Gasteiger partial charge in [-0.15, -0.1) is 11.8 Å². The van der Waals surface area contributed by atoms with Gasteiger partial charge >= 0.3 is 5.97 Å². The molecule has 0 saturated carbocycles. The lowest BCUT2D eigenvalue weighted by Crippen LogP contribution is -2.32. The number of nitriles is 1. The third kappa shape index (κ3) is 3.65. The molecule has 5 heteroatoms. The number of carboxylic acids is 1. The molecule has 1 aromatic rings. The van der Waals surface area contributed by atoms with Gasteiger partial charge in [0.15, 0.2) is 0 Å². The molecule has 1 heterocycles. The molecule has 0 fully saturated rings. The number of thioether (sulfide) groups is 1. The molecule has 0 aliphatic carbocycles. The molecule has 120 valence electrons. The summed E-state index contributed by atoms with van der Waals surface area (Å²) in [7, 11) is 0. The van der Waals surface area contributed by atoms with Crippen molar-refractivity contribution in [3.63, 3.8) is 0 Å². The summed E-state index contributed by atoms with van der Waals surface area (Å²) in [6.07, 6.45) is 0. The van der Waals surface area contributed by atoms with E-state index in [-0.39, 0.29) is 11.2 Å². The minimum atomic E-state index is -0.944. The number of hydrogen-bond acceptors (Lipinski definition) is 4. The second-order valence-electron chi connectivity index (χ2n) is 5.88. The van der Waals surface area contributed by atoms with Crippen molar-refractivity contribution in [3.8, 4) is 6.07 Å². The van der Waals surface area contributed by atoms with Crippen LogP contribution in [0.25, 0.3) is 0 Å². The third-order valence-corrected chi connectivity index (χ3v) is 5.23. The zero-order valence-corrected chi connectivity index (χ0v) is 14.5. The number of benzene rings is 1. The van der Waals surface area contributed by atoms with Crippen LogP contribution in [0.3, 0.4) is 0 Å². The first-order chi connectivity index (χ1) is 10.8. The molecule has 0 spiro atoms. The SMILES string of the molecule is CC1=NC(C)=C(C(=O)O)C(c2cccc(C#N)c2)C1SC(C)C. The van der Waals surface area contributed by atoms with Gasteiger partial charge in [0.1, 0.15) is 0 Å². The Hall–Kier alpha value is -2.06. The summed E-state index contributed by atoms with van der Waals surface area (Å²) < 4.78 is 0. The highest BCUT2D eigenvalue weighted by atomic mass is 32.2. The Kier molecular flexibility index (Phi) is 5.27. The first kappa shape index (κ1) is 17.3. The summed E-state index contributed by atoms with van der Waals surface area (Å²) >= 11 is 1.71. The van der Waals surface area contributed by atoms with Gasteiger partial charge < -0.3 is 5.11 Å². The Labute approximate surface area is 140 Å². The van der Waals surface area contributed by atoms with Crippen molar-refractivity contribution in [3.05, 3.63) is 46.7 Å². The highest BCUT2D eigenvalue weighted by Crippen LogP contribution is 2.42. The Balaban J connectivity index is 2.62. The van der Waals surface area contributed by atoms with E-state index in [4.69, 9.17) is 5.26 Å². The highest BCUT2D eigenvalue weighted by molar-refractivity contribution is 8.01. The molecule has 1 aliphatic rings. The van der Waals surface area contributed by atoms with Gasteiger partial charge in [-0.25, -0.2) is 4.79 Å². The minimum absolute atomic E-state index is 0.0428. The second kappa shape index (κ2) is 7.01. The summed E-state index contributed by atoms with van der Waals surface area (Å²) in [6, 6.07) is 9.35. The van der Waals surface area contributed by atoms with E-state index in [1.807, 2.05) is 13.0 Å². The van der Waals surface area contributed by atoms with E-state index in [0.717, 1.165) is 11.3 Å². The largest absolute Gasteiger partial charge is 0.478 e. The van der Waals surface area contributed by atoms with Crippen molar-refractivity contribution in [2.24, 2.45) is 4.99 Å². The van der Waals surface area contributed by atoms with E-state index in [1.54, 1.807) is 36.9 Å². The molecule has 0 bridgehead atoms. The predicted octanol–water partition coefficient (Wildman–Crippen LogP) is 3.99. The molecule has 0 radical (unpaired) electrons. The van der Waals surface area contributed by atoms with Crippen LogP contribution in [0, 0.1) is 11.3 Å². The van der Waals surface area contributed by atoms with Gasteiger partial charge in [0.2, 0.25) is 0 Å². The number of carbonyl (C=O) groups is 1. The summed E-state index contributed by atoms with van der Waals surface area (Å²) in [5.74, 6) is -1.24. The molecule has 1 aliphatic heterocycles. The summed E-state index contributed by atoms with van der Waals surface area (Å²) in [4.78, 5) is 16.3. The van der Waals surface area contributed by atoms with Crippen molar-refractivity contribution in [1.29, 1.82) is 5.26 Å². The second-order valence-corrected chi connectivity index (χ2v) is 7.60. The van der Waals surface area contributed by atoms with Gasteiger partial charge in [0.25, 0.3) is 0 Å². The van der Waals surface area contributed by atoms with E-state index in [9.17, 15) is 9.90 Å². The van der Waals surface area contributed by atoms with Gasteiger partial charge in [-0.2, -0.15) is 5.26 Å². The number of hydrogen-bond donors (Lipinski definition) is 1. The molecule has 4 nitrogen and oxygen atoms in total. The quantitative estimate of drug-likeness (QED) is 0.907. The fourth-order valence-corrected chi connectivity index (χ4v) is 4.19. The maximum absolute atomic E-state index is 11.8. The molecule has 2 rings (SSSR count). The summed E-state index contributed by atoms with van der Waals surface area (Å²) in [5.41, 5.74) is 3.19. The van der Waals surface area contributed by atoms with Crippen LogP contribution in [0.5, 0.6) is 0 Å². The monoisotopic (exact) mass is 328 g/mol. The van der Waals surface area contributed by atoms with Crippen molar-refractivity contribution < 1.29 is 9.90 Å².